The normalized spacial score (nSPS) is 16.6. The number of carboxylic acids is 1. The van der Waals surface area contributed by atoms with Crippen LogP contribution < -0.4 is 5.32 Å². The van der Waals surface area contributed by atoms with Gasteiger partial charge in [0, 0.05) is 19.6 Å². The van der Waals surface area contributed by atoms with Crippen LogP contribution in [0.2, 0.25) is 0 Å². The number of likely N-dealkylation sites (tertiary alicyclic amines) is 1. The van der Waals surface area contributed by atoms with Crippen molar-refractivity contribution in [2.75, 3.05) is 19.6 Å². The molecule has 0 spiro atoms. The maximum absolute atomic E-state index is 12.1. The minimum absolute atomic E-state index is 0.178. The number of carboxylic acid groups (broad SMARTS) is 1. The lowest BCUT2D eigenvalue weighted by atomic mass is 10.0. The van der Waals surface area contributed by atoms with Crippen molar-refractivity contribution in [3.05, 3.63) is 60.2 Å². The molecule has 0 bridgehead atoms. The van der Waals surface area contributed by atoms with Gasteiger partial charge in [0.15, 0.2) is 0 Å². The molecule has 5 heteroatoms. The van der Waals surface area contributed by atoms with Gasteiger partial charge in [-0.2, -0.15) is 0 Å². The average Bonchev–Trinajstić information content (AvgIpc) is 3.13. The molecule has 2 aromatic rings. The molecule has 1 fully saturated rings. The molecule has 3 rings (SSSR count). The van der Waals surface area contributed by atoms with Crippen LogP contribution in [0, 0.1) is 5.92 Å². The van der Waals surface area contributed by atoms with Crippen molar-refractivity contribution in [1.82, 2.24) is 10.2 Å². The molecule has 1 saturated heterocycles. The number of urea groups is 1. The molecule has 25 heavy (non-hydrogen) atoms. The molecule has 0 aliphatic carbocycles. The summed E-state index contributed by atoms with van der Waals surface area (Å²) >= 11 is 0. The third kappa shape index (κ3) is 4.38. The van der Waals surface area contributed by atoms with Crippen LogP contribution in [0.1, 0.15) is 12.0 Å². The SMILES string of the molecule is O=C(O)C1CCN(C(=O)NCCc2cccc(-c3ccccc3)c2)C1. The van der Waals surface area contributed by atoms with Crippen molar-refractivity contribution in [2.45, 2.75) is 12.8 Å². The monoisotopic (exact) mass is 338 g/mol. The highest BCUT2D eigenvalue weighted by Crippen LogP contribution is 2.20. The second-order valence-electron chi connectivity index (χ2n) is 6.32. The van der Waals surface area contributed by atoms with E-state index in [1.54, 1.807) is 4.90 Å². The van der Waals surface area contributed by atoms with Crippen molar-refractivity contribution in [1.29, 1.82) is 0 Å². The Morgan fingerprint density at radius 2 is 1.84 bits per heavy atom. The third-order valence-electron chi connectivity index (χ3n) is 4.55. The molecule has 2 aromatic carbocycles. The molecule has 130 valence electrons. The molecule has 0 saturated carbocycles. The van der Waals surface area contributed by atoms with Crippen molar-refractivity contribution in [2.24, 2.45) is 5.92 Å². The number of carbonyl (C=O) groups is 2. The molecule has 1 aliphatic rings. The van der Waals surface area contributed by atoms with Crippen molar-refractivity contribution >= 4 is 12.0 Å². The van der Waals surface area contributed by atoms with Gasteiger partial charge in [-0.1, -0.05) is 54.6 Å². The number of rotatable bonds is 5. The zero-order valence-electron chi connectivity index (χ0n) is 14.0. The Labute approximate surface area is 147 Å². The van der Waals surface area contributed by atoms with E-state index in [-0.39, 0.29) is 6.03 Å². The fourth-order valence-electron chi connectivity index (χ4n) is 3.11. The van der Waals surface area contributed by atoms with Crippen LogP contribution in [-0.2, 0) is 11.2 Å². The molecule has 1 aliphatic heterocycles. The number of benzene rings is 2. The molecule has 0 radical (unpaired) electrons. The Hall–Kier alpha value is -2.82. The maximum Gasteiger partial charge on any atom is 0.317 e. The van der Waals surface area contributed by atoms with Crippen molar-refractivity contribution in [3.8, 4) is 11.1 Å². The predicted octanol–water partition coefficient (Wildman–Crippen LogP) is 3.01. The maximum atomic E-state index is 12.1. The molecule has 0 aromatic heterocycles. The van der Waals surface area contributed by atoms with Gasteiger partial charge in [0.05, 0.1) is 5.92 Å². The first-order valence-corrected chi connectivity index (χ1v) is 8.53. The van der Waals surface area contributed by atoms with Crippen LogP contribution in [0.3, 0.4) is 0 Å². The zero-order chi connectivity index (χ0) is 17.6. The standard InChI is InChI=1S/C20H22N2O3/c23-19(24)18-10-12-22(14-18)20(25)21-11-9-15-5-4-8-17(13-15)16-6-2-1-3-7-16/h1-8,13,18H,9-12,14H2,(H,21,25)(H,23,24). The van der Waals surface area contributed by atoms with Gasteiger partial charge < -0.3 is 15.3 Å². The van der Waals surface area contributed by atoms with Gasteiger partial charge in [0.25, 0.3) is 0 Å². The Morgan fingerprint density at radius 1 is 1.08 bits per heavy atom. The summed E-state index contributed by atoms with van der Waals surface area (Å²) in [4.78, 5) is 24.7. The molecule has 1 atom stereocenters. The van der Waals surface area contributed by atoms with E-state index in [9.17, 15) is 9.59 Å². The summed E-state index contributed by atoms with van der Waals surface area (Å²) in [5.41, 5.74) is 3.49. The molecule has 1 unspecified atom stereocenters. The Bertz CT molecular complexity index is 746. The van der Waals surface area contributed by atoms with E-state index in [2.05, 4.69) is 35.6 Å². The minimum Gasteiger partial charge on any atom is -0.481 e. The topological polar surface area (TPSA) is 69.6 Å². The molecular formula is C20H22N2O3. The van der Waals surface area contributed by atoms with Crippen LogP contribution in [-0.4, -0.2) is 41.6 Å². The van der Waals surface area contributed by atoms with Gasteiger partial charge in [-0.15, -0.1) is 0 Å². The summed E-state index contributed by atoms with van der Waals surface area (Å²) in [6, 6.07) is 18.3. The molecule has 2 N–H and O–H groups in total. The Balaban J connectivity index is 1.51. The van der Waals surface area contributed by atoms with E-state index in [0.717, 1.165) is 17.5 Å². The van der Waals surface area contributed by atoms with Gasteiger partial charge in [-0.05, 0) is 29.5 Å². The minimum atomic E-state index is -0.826. The van der Waals surface area contributed by atoms with Gasteiger partial charge in [-0.3, -0.25) is 4.79 Å². The summed E-state index contributed by atoms with van der Waals surface area (Å²) in [6.07, 6.45) is 1.27. The molecule has 2 amide bonds. The fourth-order valence-corrected chi connectivity index (χ4v) is 3.11. The van der Waals surface area contributed by atoms with Crippen LogP contribution in [0.5, 0.6) is 0 Å². The Kier molecular flexibility index (Phi) is 5.33. The lowest BCUT2D eigenvalue weighted by Gasteiger charge is -2.16. The number of hydrogen-bond acceptors (Lipinski definition) is 2. The van der Waals surface area contributed by atoms with Gasteiger partial charge >= 0.3 is 12.0 Å². The van der Waals surface area contributed by atoms with E-state index in [0.29, 0.717) is 26.1 Å². The van der Waals surface area contributed by atoms with Gasteiger partial charge in [-0.25, -0.2) is 4.79 Å². The first-order chi connectivity index (χ1) is 12.1. The fraction of sp³-hybridized carbons (Fsp3) is 0.300. The quantitative estimate of drug-likeness (QED) is 0.880. The third-order valence-corrected chi connectivity index (χ3v) is 4.55. The first kappa shape index (κ1) is 17.0. The molecule has 5 nitrogen and oxygen atoms in total. The lowest BCUT2D eigenvalue weighted by molar-refractivity contribution is -0.141. The summed E-state index contributed by atoms with van der Waals surface area (Å²) in [5.74, 6) is -1.26. The lowest BCUT2D eigenvalue weighted by Crippen LogP contribution is -2.39. The number of aliphatic carboxylic acids is 1. The Morgan fingerprint density at radius 3 is 2.56 bits per heavy atom. The van der Waals surface area contributed by atoms with E-state index >= 15 is 0 Å². The number of nitrogens with zero attached hydrogens (tertiary/aromatic N) is 1. The van der Waals surface area contributed by atoms with Crippen LogP contribution >= 0.6 is 0 Å². The van der Waals surface area contributed by atoms with E-state index < -0.39 is 11.9 Å². The van der Waals surface area contributed by atoms with Crippen LogP contribution in [0.4, 0.5) is 4.79 Å². The van der Waals surface area contributed by atoms with Crippen molar-refractivity contribution < 1.29 is 14.7 Å². The smallest absolute Gasteiger partial charge is 0.317 e. The van der Waals surface area contributed by atoms with E-state index in [4.69, 9.17) is 5.11 Å². The molecular weight excluding hydrogens is 316 g/mol. The highest BCUT2D eigenvalue weighted by Gasteiger charge is 2.30. The number of nitrogens with one attached hydrogen (secondary N) is 1. The predicted molar refractivity (Wildman–Crippen MR) is 96.3 cm³/mol. The van der Waals surface area contributed by atoms with Crippen molar-refractivity contribution in [3.63, 3.8) is 0 Å². The largest absolute Gasteiger partial charge is 0.481 e. The summed E-state index contributed by atoms with van der Waals surface area (Å²) in [5, 5.41) is 11.9. The van der Waals surface area contributed by atoms with E-state index in [1.807, 2.05) is 24.3 Å². The van der Waals surface area contributed by atoms with Gasteiger partial charge in [0.1, 0.15) is 0 Å². The summed E-state index contributed by atoms with van der Waals surface area (Å²) in [6.45, 7) is 1.34. The summed E-state index contributed by atoms with van der Waals surface area (Å²) in [7, 11) is 0. The highest BCUT2D eigenvalue weighted by atomic mass is 16.4. The second kappa shape index (κ2) is 7.83. The zero-order valence-corrected chi connectivity index (χ0v) is 14.0. The van der Waals surface area contributed by atoms with E-state index in [1.165, 1.54) is 5.56 Å². The number of hydrogen-bond donors (Lipinski definition) is 2. The number of carbonyl (C=O) groups excluding carboxylic acids is 1. The summed E-state index contributed by atoms with van der Waals surface area (Å²) < 4.78 is 0. The van der Waals surface area contributed by atoms with Gasteiger partial charge in [0.2, 0.25) is 0 Å². The number of amides is 2. The first-order valence-electron chi connectivity index (χ1n) is 8.53. The molecule has 1 heterocycles. The van der Waals surface area contributed by atoms with Crippen LogP contribution in [0.15, 0.2) is 54.6 Å². The average molecular weight is 338 g/mol. The second-order valence-corrected chi connectivity index (χ2v) is 6.32. The van der Waals surface area contributed by atoms with Crippen LogP contribution in [0.25, 0.3) is 11.1 Å². The highest BCUT2D eigenvalue weighted by molar-refractivity contribution is 5.77.